The van der Waals surface area contributed by atoms with Crippen LogP contribution in [0.5, 0.6) is 0 Å². The van der Waals surface area contributed by atoms with Gasteiger partial charge >= 0.3 is 11.9 Å². The van der Waals surface area contributed by atoms with E-state index in [0.29, 0.717) is 25.8 Å². The lowest BCUT2D eigenvalue weighted by molar-refractivity contribution is -0.159. The minimum atomic E-state index is -0.590. The SMILES string of the molecule is CC(C)(C)OC(=O)CCCCCCCCCCCCCCCCC(=O)N[C@@H](CCCCN)C(=O)OC(C)(C)C. The molecule has 0 fully saturated rings. The molecule has 0 bridgehead atoms. The van der Waals surface area contributed by atoms with Crippen LogP contribution in [0.4, 0.5) is 0 Å². The van der Waals surface area contributed by atoms with Crippen molar-refractivity contribution < 1.29 is 23.9 Å². The molecule has 0 saturated heterocycles. The number of esters is 2. The first-order valence-corrected chi connectivity index (χ1v) is 15.8. The number of ether oxygens (including phenoxy) is 2. The summed E-state index contributed by atoms with van der Waals surface area (Å²) in [7, 11) is 0. The second-order valence-corrected chi connectivity index (χ2v) is 13.0. The highest BCUT2D eigenvalue weighted by Crippen LogP contribution is 2.16. The van der Waals surface area contributed by atoms with Gasteiger partial charge < -0.3 is 20.5 Å². The fraction of sp³-hybridized carbons (Fsp3) is 0.906. The molecule has 0 spiro atoms. The summed E-state index contributed by atoms with van der Waals surface area (Å²) in [6.07, 6.45) is 19.7. The number of carbonyl (C=O) groups excluding carboxylic acids is 3. The lowest BCUT2D eigenvalue weighted by atomic mass is 10.0. The Balaban J connectivity index is 3.68. The summed E-state index contributed by atoms with van der Waals surface area (Å²) in [4.78, 5) is 36.6. The van der Waals surface area contributed by atoms with E-state index < -0.39 is 11.6 Å². The van der Waals surface area contributed by atoms with Crippen LogP contribution in [0.1, 0.15) is 164 Å². The zero-order chi connectivity index (χ0) is 29.6. The van der Waals surface area contributed by atoms with Gasteiger partial charge in [0.15, 0.2) is 0 Å². The van der Waals surface area contributed by atoms with Crippen LogP contribution in [0.3, 0.4) is 0 Å². The number of unbranched alkanes of at least 4 members (excludes halogenated alkanes) is 14. The van der Waals surface area contributed by atoms with E-state index in [9.17, 15) is 14.4 Å². The van der Waals surface area contributed by atoms with Crippen LogP contribution in [-0.4, -0.2) is 41.6 Å². The quantitative estimate of drug-likeness (QED) is 0.0998. The smallest absolute Gasteiger partial charge is 0.329 e. The van der Waals surface area contributed by atoms with Gasteiger partial charge in [-0.3, -0.25) is 9.59 Å². The van der Waals surface area contributed by atoms with E-state index in [0.717, 1.165) is 44.9 Å². The molecule has 0 radical (unpaired) electrons. The van der Waals surface area contributed by atoms with Crippen LogP contribution in [0, 0.1) is 0 Å². The molecule has 1 amide bonds. The summed E-state index contributed by atoms with van der Waals surface area (Å²) in [5.41, 5.74) is 4.62. The standard InChI is InChI=1S/C32H62N2O5/c1-31(2,3)38-29(36)25-20-18-16-14-12-10-8-7-9-11-13-15-17-19-24-28(35)34-27(23-21-22-26-33)30(37)39-32(4,5)6/h27H,7-26,33H2,1-6H3,(H,34,35)/t27-/m0/s1. The van der Waals surface area contributed by atoms with Crippen LogP contribution >= 0.6 is 0 Å². The van der Waals surface area contributed by atoms with Crippen molar-refractivity contribution in [1.82, 2.24) is 5.32 Å². The van der Waals surface area contributed by atoms with E-state index in [1.54, 1.807) is 0 Å². The lowest BCUT2D eigenvalue weighted by Gasteiger charge is -2.24. The van der Waals surface area contributed by atoms with Crippen LogP contribution in [-0.2, 0) is 23.9 Å². The highest BCUT2D eigenvalue weighted by atomic mass is 16.6. The van der Waals surface area contributed by atoms with Crippen LogP contribution in [0.25, 0.3) is 0 Å². The summed E-state index contributed by atoms with van der Waals surface area (Å²) in [6.45, 7) is 11.8. The summed E-state index contributed by atoms with van der Waals surface area (Å²) >= 11 is 0. The van der Waals surface area contributed by atoms with Crippen molar-refractivity contribution in [3.05, 3.63) is 0 Å². The van der Waals surface area contributed by atoms with E-state index in [1.165, 1.54) is 57.8 Å². The Hall–Kier alpha value is -1.63. The third kappa shape index (κ3) is 26.4. The largest absolute Gasteiger partial charge is 0.460 e. The number of hydrogen-bond acceptors (Lipinski definition) is 6. The molecule has 0 heterocycles. The van der Waals surface area contributed by atoms with Gasteiger partial charge in [-0.25, -0.2) is 4.79 Å². The Morgan fingerprint density at radius 3 is 1.41 bits per heavy atom. The molecular formula is C32H62N2O5. The normalized spacial score (nSPS) is 12.7. The molecule has 7 heteroatoms. The summed E-state index contributed by atoms with van der Waals surface area (Å²) in [6, 6.07) is -0.590. The Kier molecular flexibility index (Phi) is 21.2. The first-order chi connectivity index (χ1) is 18.3. The molecule has 39 heavy (non-hydrogen) atoms. The van der Waals surface area contributed by atoms with Crippen molar-refractivity contribution in [3.63, 3.8) is 0 Å². The highest BCUT2D eigenvalue weighted by Gasteiger charge is 2.26. The molecule has 7 nitrogen and oxygen atoms in total. The average molecular weight is 555 g/mol. The summed E-state index contributed by atoms with van der Waals surface area (Å²) < 4.78 is 10.8. The average Bonchev–Trinajstić information content (AvgIpc) is 2.81. The molecule has 0 aliphatic heterocycles. The molecular weight excluding hydrogens is 492 g/mol. The van der Waals surface area contributed by atoms with Gasteiger partial charge in [-0.05, 0) is 80.2 Å². The fourth-order valence-corrected chi connectivity index (χ4v) is 4.45. The number of nitrogens with two attached hydrogens (primary N) is 1. The maximum atomic E-state index is 12.5. The topological polar surface area (TPSA) is 108 Å². The Bertz CT molecular complexity index is 652. The maximum Gasteiger partial charge on any atom is 0.329 e. The minimum Gasteiger partial charge on any atom is -0.460 e. The number of rotatable bonds is 23. The number of nitrogens with one attached hydrogen (secondary N) is 1. The third-order valence-corrected chi connectivity index (χ3v) is 6.43. The molecule has 0 aromatic heterocycles. The van der Waals surface area contributed by atoms with Crippen molar-refractivity contribution in [3.8, 4) is 0 Å². The highest BCUT2D eigenvalue weighted by molar-refractivity contribution is 5.84. The molecule has 0 aliphatic rings. The molecule has 0 rings (SSSR count). The second-order valence-electron chi connectivity index (χ2n) is 13.0. The monoisotopic (exact) mass is 554 g/mol. The van der Waals surface area contributed by atoms with Gasteiger partial charge in [-0.1, -0.05) is 77.0 Å². The lowest BCUT2D eigenvalue weighted by Crippen LogP contribution is -2.44. The van der Waals surface area contributed by atoms with Crippen LogP contribution in [0.15, 0.2) is 0 Å². The number of hydrogen-bond donors (Lipinski definition) is 2. The molecule has 0 saturated carbocycles. The molecule has 0 aliphatic carbocycles. The third-order valence-electron chi connectivity index (χ3n) is 6.43. The van der Waals surface area contributed by atoms with Gasteiger partial charge in [0.25, 0.3) is 0 Å². The van der Waals surface area contributed by atoms with Crippen LogP contribution in [0.2, 0.25) is 0 Å². The molecule has 1 atom stereocenters. The van der Waals surface area contributed by atoms with Gasteiger partial charge in [0.05, 0.1) is 0 Å². The number of carbonyl (C=O) groups is 3. The van der Waals surface area contributed by atoms with E-state index in [-0.39, 0.29) is 23.4 Å². The molecule has 3 N–H and O–H groups in total. The van der Waals surface area contributed by atoms with Crippen molar-refractivity contribution in [2.75, 3.05) is 6.54 Å². The van der Waals surface area contributed by atoms with Gasteiger partial charge in [-0.15, -0.1) is 0 Å². The van der Waals surface area contributed by atoms with Crippen LogP contribution < -0.4 is 11.1 Å². The van der Waals surface area contributed by atoms with Gasteiger partial charge in [0.2, 0.25) is 5.91 Å². The predicted octanol–water partition coefficient (Wildman–Crippen LogP) is 7.53. The van der Waals surface area contributed by atoms with Gasteiger partial charge in [-0.2, -0.15) is 0 Å². The van der Waals surface area contributed by atoms with Crippen molar-refractivity contribution in [2.24, 2.45) is 5.73 Å². The maximum absolute atomic E-state index is 12.5. The summed E-state index contributed by atoms with van der Waals surface area (Å²) in [5, 5.41) is 2.89. The summed E-state index contributed by atoms with van der Waals surface area (Å²) in [5.74, 6) is -0.504. The van der Waals surface area contributed by atoms with Crippen molar-refractivity contribution in [1.29, 1.82) is 0 Å². The molecule has 0 aromatic rings. The van der Waals surface area contributed by atoms with E-state index in [4.69, 9.17) is 15.2 Å². The first kappa shape index (κ1) is 37.4. The minimum absolute atomic E-state index is 0.0679. The van der Waals surface area contributed by atoms with Crippen molar-refractivity contribution in [2.45, 2.75) is 181 Å². The fourth-order valence-electron chi connectivity index (χ4n) is 4.45. The zero-order valence-corrected chi connectivity index (χ0v) is 26.3. The molecule has 0 aromatic carbocycles. The van der Waals surface area contributed by atoms with Gasteiger partial charge in [0, 0.05) is 12.8 Å². The Morgan fingerprint density at radius 2 is 1.00 bits per heavy atom. The van der Waals surface area contributed by atoms with E-state index >= 15 is 0 Å². The molecule has 0 unspecified atom stereocenters. The zero-order valence-electron chi connectivity index (χ0n) is 26.3. The predicted molar refractivity (Wildman–Crippen MR) is 160 cm³/mol. The number of amides is 1. The van der Waals surface area contributed by atoms with Gasteiger partial charge in [0.1, 0.15) is 17.2 Å². The first-order valence-electron chi connectivity index (χ1n) is 15.8. The Labute approximate surface area is 240 Å². The Morgan fingerprint density at radius 1 is 0.590 bits per heavy atom. The van der Waals surface area contributed by atoms with E-state index in [2.05, 4.69) is 5.32 Å². The molecule has 230 valence electrons. The van der Waals surface area contributed by atoms with E-state index in [1.807, 2.05) is 41.5 Å². The second kappa shape index (κ2) is 22.1. The van der Waals surface area contributed by atoms with Crippen molar-refractivity contribution >= 4 is 17.8 Å².